The van der Waals surface area contributed by atoms with Gasteiger partial charge >= 0.3 is 5.97 Å². The number of hydrogen-bond donors (Lipinski definition) is 1. The first-order valence-corrected chi connectivity index (χ1v) is 19.8. The molecule has 3 heterocycles. The minimum Gasteiger partial charge on any atom is -0.455 e. The van der Waals surface area contributed by atoms with Crippen LogP contribution in [0.15, 0.2) is 110 Å². The lowest BCUT2D eigenvalue weighted by molar-refractivity contribution is -0.165. The molecular weight excluding hydrogens is 786 g/mol. The number of likely N-dealkylation sites (N-methyl/N-ethyl adjacent to an activating group) is 1. The molecule has 1 N–H and O–H groups in total. The van der Waals surface area contributed by atoms with Crippen molar-refractivity contribution in [2.45, 2.75) is 73.4 Å². The molecule has 1 unspecified atom stereocenters. The molecule has 3 saturated heterocycles. The Morgan fingerprint density at radius 3 is 2.33 bits per heavy atom. The molecule has 3 aromatic rings. The maximum atomic E-state index is 15.1. The summed E-state index contributed by atoms with van der Waals surface area (Å²) in [5, 5.41) is 11.4. The second-order valence-electron chi connectivity index (χ2n) is 14.5. The number of alkyl halides is 1. The number of likely N-dealkylation sites (tertiary alicyclic amines) is 1. The summed E-state index contributed by atoms with van der Waals surface area (Å²) in [5.41, 5.74) is 0.648. The van der Waals surface area contributed by atoms with Gasteiger partial charge in [0.1, 0.15) is 17.7 Å². The summed E-state index contributed by atoms with van der Waals surface area (Å²) in [7, 11) is 1.68. The van der Waals surface area contributed by atoms with Crippen molar-refractivity contribution in [2.24, 2.45) is 11.8 Å². The molecule has 0 saturated carbocycles. The minimum absolute atomic E-state index is 0.116. The lowest BCUT2D eigenvalue weighted by atomic mass is 9.70. The van der Waals surface area contributed by atoms with Crippen LogP contribution in [0.2, 0.25) is 5.02 Å². The predicted octanol–water partition coefficient (Wildman–Crippen LogP) is 6.31. The van der Waals surface area contributed by atoms with Gasteiger partial charge in [0.2, 0.25) is 11.8 Å². The number of aliphatic hydroxyl groups is 1. The molecular formula is C43H47BrClN3O7. The van der Waals surface area contributed by atoms with E-state index in [4.69, 9.17) is 21.1 Å². The van der Waals surface area contributed by atoms with Crippen LogP contribution in [0.25, 0.3) is 0 Å². The number of anilines is 1. The number of fused-ring (bicyclic) bond motifs is 1. The first-order valence-electron chi connectivity index (χ1n) is 18.6. The molecule has 0 radical (unpaired) electrons. The second-order valence-corrected chi connectivity index (χ2v) is 16.1. The van der Waals surface area contributed by atoms with E-state index in [0.717, 1.165) is 5.56 Å². The van der Waals surface area contributed by atoms with Crippen LogP contribution < -0.4 is 4.90 Å². The van der Waals surface area contributed by atoms with Crippen molar-refractivity contribution >= 4 is 56.9 Å². The van der Waals surface area contributed by atoms with Crippen molar-refractivity contribution < 1.29 is 33.8 Å². The van der Waals surface area contributed by atoms with Gasteiger partial charge in [-0.15, -0.1) is 13.2 Å². The molecule has 12 heteroatoms. The molecule has 0 aromatic heterocycles. The molecule has 10 nitrogen and oxygen atoms in total. The zero-order valence-corrected chi connectivity index (χ0v) is 33.3. The zero-order valence-electron chi connectivity index (χ0n) is 31.0. The lowest BCUT2D eigenvalue weighted by Crippen LogP contribution is -2.59. The van der Waals surface area contributed by atoms with Gasteiger partial charge in [-0.2, -0.15) is 0 Å². The van der Waals surface area contributed by atoms with E-state index in [0.29, 0.717) is 22.7 Å². The summed E-state index contributed by atoms with van der Waals surface area (Å²) < 4.78 is 13.2. The molecule has 3 amide bonds. The van der Waals surface area contributed by atoms with Gasteiger partial charge in [0.15, 0.2) is 0 Å². The monoisotopic (exact) mass is 831 g/mol. The van der Waals surface area contributed by atoms with E-state index in [9.17, 15) is 14.7 Å². The smallest absolute Gasteiger partial charge is 0.313 e. The third-order valence-electron chi connectivity index (χ3n) is 11.2. The van der Waals surface area contributed by atoms with Crippen LogP contribution >= 0.6 is 27.5 Å². The third kappa shape index (κ3) is 7.77. The Hall–Kier alpha value is -4.29. The van der Waals surface area contributed by atoms with E-state index in [-0.39, 0.29) is 31.7 Å². The number of allylic oxidation sites excluding steroid dienone is 1. The van der Waals surface area contributed by atoms with Gasteiger partial charge in [-0.05, 0) is 61.6 Å². The van der Waals surface area contributed by atoms with Crippen molar-refractivity contribution in [1.82, 2.24) is 9.80 Å². The molecule has 9 atom stereocenters. The summed E-state index contributed by atoms with van der Waals surface area (Å²) in [5.74, 6) is -3.88. The van der Waals surface area contributed by atoms with Crippen molar-refractivity contribution in [3.63, 3.8) is 0 Å². The molecule has 3 aliphatic rings. The highest BCUT2D eigenvalue weighted by Gasteiger charge is 2.77. The summed E-state index contributed by atoms with van der Waals surface area (Å²) in [6.07, 6.45) is 2.88. The Morgan fingerprint density at radius 1 is 1.05 bits per heavy atom. The topological polar surface area (TPSA) is 117 Å². The summed E-state index contributed by atoms with van der Waals surface area (Å²) in [4.78, 5) is 62.3. The average molecular weight is 833 g/mol. The fourth-order valence-electron chi connectivity index (χ4n) is 8.49. The average Bonchev–Trinajstić information content (AvgIpc) is 3.80. The highest BCUT2D eigenvalue weighted by molar-refractivity contribution is 9.09. The molecule has 2 bridgehead atoms. The summed E-state index contributed by atoms with van der Waals surface area (Å²) in [6.45, 7) is 9.11. The molecule has 290 valence electrons. The molecule has 3 fully saturated rings. The minimum atomic E-state index is -1.43. The Morgan fingerprint density at radius 2 is 1.71 bits per heavy atom. The van der Waals surface area contributed by atoms with Crippen LogP contribution in [-0.4, -0.2) is 93.5 Å². The zero-order chi connectivity index (χ0) is 39.4. The number of nitrogens with zero attached hydrogens (tertiary/aromatic N) is 3. The number of ether oxygens (including phenoxy) is 2. The highest BCUT2D eigenvalue weighted by atomic mass is 79.9. The predicted molar refractivity (Wildman–Crippen MR) is 215 cm³/mol. The van der Waals surface area contributed by atoms with Gasteiger partial charge in [-0.25, -0.2) is 0 Å². The van der Waals surface area contributed by atoms with Gasteiger partial charge in [0, 0.05) is 35.6 Å². The summed E-state index contributed by atoms with van der Waals surface area (Å²) >= 11 is 9.97. The van der Waals surface area contributed by atoms with E-state index in [2.05, 4.69) is 29.1 Å². The number of carbonyl (C=O) groups excluding carboxylic acids is 4. The number of aliphatic hydroxyl groups excluding tert-OH is 1. The van der Waals surface area contributed by atoms with E-state index in [1.807, 2.05) is 67.6 Å². The maximum Gasteiger partial charge on any atom is 0.313 e. The molecule has 3 aromatic carbocycles. The summed E-state index contributed by atoms with van der Waals surface area (Å²) in [6, 6.07) is 22.8. The number of esters is 1. The largest absolute Gasteiger partial charge is 0.455 e. The van der Waals surface area contributed by atoms with Gasteiger partial charge in [-0.3, -0.25) is 19.2 Å². The maximum absolute atomic E-state index is 15.1. The Labute approximate surface area is 335 Å². The van der Waals surface area contributed by atoms with E-state index < -0.39 is 77.0 Å². The van der Waals surface area contributed by atoms with Crippen LogP contribution in [0.1, 0.15) is 43.4 Å². The van der Waals surface area contributed by atoms with E-state index in [1.54, 1.807) is 48.4 Å². The van der Waals surface area contributed by atoms with Crippen molar-refractivity contribution in [1.29, 1.82) is 0 Å². The van der Waals surface area contributed by atoms with E-state index >= 15 is 9.59 Å². The SMILES string of the molecule is C=CCCC(=O)N(C)[C@@H](C)[C@@H](OC(=O)[C@@H]1[C@H]2O[C@@]3(CC2Br)[C@H](C(=O)N(CC=C)c2ccc(Cl)cc2)N([C@@H](CO)Cc2ccccc2)C(=O)[C@@H]13)c1ccccc1. The number of rotatable bonds is 16. The standard InChI is InChI=1S/C43H47BrClN3O7/c1-5-7-18-34(50)46(4)27(3)37(29-16-12-9-13-17-29)54-42(53)35-36-40(51)48(32(26-49)24-28-14-10-8-11-15-28)39(43(36)25-33(44)38(35)55-43)41(52)47(23-6-2)31-21-19-30(45)20-22-31/h5-6,8-17,19-22,27,32-33,35-39,49H,1-2,7,18,23-26H2,3-4H3/t27-,32+,33?,35-,36+,37+,38-,39-,43+/m0/s1. The van der Waals surface area contributed by atoms with Crippen LogP contribution in [0.4, 0.5) is 5.69 Å². The highest BCUT2D eigenvalue weighted by Crippen LogP contribution is 2.61. The quantitative estimate of drug-likeness (QED) is 0.102. The number of carbonyl (C=O) groups is 4. The third-order valence-corrected chi connectivity index (χ3v) is 12.3. The van der Waals surface area contributed by atoms with Gasteiger partial charge in [-0.1, -0.05) is 100 Å². The Kier molecular flexibility index (Phi) is 12.7. The Bertz CT molecular complexity index is 1880. The number of amides is 3. The van der Waals surface area contributed by atoms with Crippen LogP contribution in [0.5, 0.6) is 0 Å². The van der Waals surface area contributed by atoms with Crippen molar-refractivity contribution in [2.75, 3.05) is 25.1 Å². The normalized spacial score (nSPS) is 25.4. The molecule has 0 aliphatic carbocycles. The molecule has 1 spiro atoms. The van der Waals surface area contributed by atoms with Gasteiger partial charge in [0.25, 0.3) is 5.91 Å². The molecule has 6 rings (SSSR count). The Balaban J connectivity index is 1.41. The number of halogens is 2. The van der Waals surface area contributed by atoms with E-state index in [1.165, 1.54) is 9.80 Å². The lowest BCUT2D eigenvalue weighted by Gasteiger charge is -2.39. The molecule has 3 aliphatic heterocycles. The molecule has 55 heavy (non-hydrogen) atoms. The van der Waals surface area contributed by atoms with Crippen LogP contribution in [0.3, 0.4) is 0 Å². The number of hydrogen-bond acceptors (Lipinski definition) is 7. The van der Waals surface area contributed by atoms with Gasteiger partial charge < -0.3 is 29.3 Å². The first-order chi connectivity index (χ1) is 26.5. The van der Waals surface area contributed by atoms with Crippen LogP contribution in [-0.2, 0) is 35.1 Å². The second kappa shape index (κ2) is 17.2. The van der Waals surface area contributed by atoms with Crippen LogP contribution in [0, 0.1) is 11.8 Å². The van der Waals surface area contributed by atoms with Crippen molar-refractivity contribution in [3.05, 3.63) is 126 Å². The fourth-order valence-corrected chi connectivity index (χ4v) is 9.56. The first kappa shape index (κ1) is 40.4. The fraction of sp³-hybridized carbons (Fsp3) is 0.395. The van der Waals surface area contributed by atoms with Crippen molar-refractivity contribution in [3.8, 4) is 0 Å². The van der Waals surface area contributed by atoms with Gasteiger partial charge in [0.05, 0.1) is 36.6 Å². The number of benzene rings is 3.